The molecule has 0 fully saturated rings. The van der Waals surface area contributed by atoms with Gasteiger partial charge in [-0.2, -0.15) is 0 Å². The quantitative estimate of drug-likeness (QED) is 0.481. The van der Waals surface area contributed by atoms with Crippen molar-refractivity contribution in [1.29, 1.82) is 0 Å². The van der Waals surface area contributed by atoms with Crippen LogP contribution < -0.4 is 0 Å². The molecule has 0 aliphatic rings. The van der Waals surface area contributed by atoms with Gasteiger partial charge in [0.1, 0.15) is 13.9 Å². The van der Waals surface area contributed by atoms with Crippen LogP contribution in [-0.4, -0.2) is 13.1 Å². The molecule has 128 valence electrons. The van der Waals surface area contributed by atoms with E-state index in [0.29, 0.717) is 28.6 Å². The van der Waals surface area contributed by atoms with Crippen molar-refractivity contribution < 1.29 is 4.39 Å². The highest BCUT2D eigenvalue weighted by atomic mass is 28.3. The second kappa shape index (κ2) is 7.48. The Hall–Kier alpha value is -1.66. The third-order valence-corrected chi connectivity index (χ3v) is 11.6. The van der Waals surface area contributed by atoms with Crippen molar-refractivity contribution in [2.75, 3.05) is 0 Å². The molecule has 0 aliphatic heterocycles. The van der Waals surface area contributed by atoms with Crippen molar-refractivity contribution in [2.24, 2.45) is 0 Å². The zero-order chi connectivity index (χ0) is 17.9. The summed E-state index contributed by atoms with van der Waals surface area (Å²) in [6.07, 6.45) is 2.15. The van der Waals surface area contributed by atoms with Gasteiger partial charge in [-0.1, -0.05) is 47.6 Å². The van der Waals surface area contributed by atoms with Gasteiger partial charge in [-0.05, 0) is 34.8 Å². The van der Waals surface area contributed by atoms with Gasteiger partial charge in [0, 0.05) is 23.6 Å². The molecule has 0 amide bonds. The van der Waals surface area contributed by atoms with Crippen LogP contribution >= 0.6 is 0 Å². The first-order valence-electron chi connectivity index (χ1n) is 8.82. The second-order valence-electron chi connectivity index (χ2n) is 7.48. The Kier molecular flexibility index (Phi) is 5.82. The van der Waals surface area contributed by atoms with Crippen LogP contribution in [0.1, 0.15) is 47.1 Å². The lowest BCUT2D eigenvalue weighted by Gasteiger charge is -2.38. The Balaban J connectivity index is 2.44. The van der Waals surface area contributed by atoms with Gasteiger partial charge in [-0.15, -0.1) is 11.5 Å². The van der Waals surface area contributed by atoms with Crippen LogP contribution in [0.3, 0.4) is 0 Å². The summed E-state index contributed by atoms with van der Waals surface area (Å²) in [5.41, 5.74) is 6.78. The van der Waals surface area contributed by atoms with Crippen molar-refractivity contribution in [3.8, 4) is 11.5 Å². The Morgan fingerprint density at radius 2 is 1.62 bits per heavy atom. The highest BCUT2D eigenvalue weighted by Gasteiger charge is 2.41. The lowest BCUT2D eigenvalue weighted by molar-refractivity contribution is 0.617. The van der Waals surface area contributed by atoms with E-state index in [9.17, 15) is 4.39 Å². The van der Waals surface area contributed by atoms with Crippen LogP contribution in [0.15, 0.2) is 30.5 Å². The first kappa shape index (κ1) is 18.7. The second-order valence-corrected chi connectivity index (χ2v) is 13.1. The highest BCUT2D eigenvalue weighted by molar-refractivity contribution is 6.90. The molecule has 0 radical (unpaired) electrons. The predicted octanol–water partition coefficient (Wildman–Crippen LogP) is 6.14. The maximum atomic E-state index is 14.3. The average molecular weight is 342 g/mol. The molecule has 3 heteroatoms. The molecular formula is C21H28FNSi. The number of benzene rings is 1. The molecule has 0 saturated heterocycles. The number of hydrogen-bond acceptors (Lipinski definition) is 1. The zero-order valence-electron chi connectivity index (χ0n) is 15.7. The van der Waals surface area contributed by atoms with Gasteiger partial charge in [-0.25, -0.2) is 4.39 Å². The van der Waals surface area contributed by atoms with Gasteiger partial charge in [0.15, 0.2) is 0 Å². The van der Waals surface area contributed by atoms with E-state index < -0.39 is 8.07 Å². The predicted molar refractivity (Wildman–Crippen MR) is 104 cm³/mol. The number of hydrogen-bond donors (Lipinski definition) is 0. The lowest BCUT2D eigenvalue weighted by Crippen LogP contribution is -2.43. The molecule has 24 heavy (non-hydrogen) atoms. The van der Waals surface area contributed by atoms with Crippen molar-refractivity contribution in [3.63, 3.8) is 0 Å². The monoisotopic (exact) mass is 341 g/mol. The van der Waals surface area contributed by atoms with Crippen LogP contribution in [0.25, 0.3) is 10.9 Å². The molecular weight excluding hydrogens is 313 g/mol. The first-order chi connectivity index (χ1) is 11.3. The number of nitrogens with zero attached hydrogens (tertiary/aromatic N) is 1. The summed E-state index contributed by atoms with van der Waals surface area (Å²) in [6, 6.07) is 7.15. The van der Waals surface area contributed by atoms with E-state index in [0.717, 1.165) is 10.9 Å². The molecule has 2 rings (SSSR count). The van der Waals surface area contributed by atoms with Gasteiger partial charge in [0.05, 0.1) is 5.52 Å². The van der Waals surface area contributed by atoms with Crippen LogP contribution in [0.4, 0.5) is 4.39 Å². The van der Waals surface area contributed by atoms with E-state index in [4.69, 9.17) is 0 Å². The minimum absolute atomic E-state index is 0.207. The number of fused-ring (bicyclic) bond motifs is 1. The van der Waals surface area contributed by atoms with E-state index >= 15 is 0 Å². The molecule has 1 aromatic carbocycles. The molecule has 0 atom stereocenters. The van der Waals surface area contributed by atoms with Crippen molar-refractivity contribution in [1.82, 2.24) is 4.98 Å². The van der Waals surface area contributed by atoms with E-state index in [-0.39, 0.29) is 5.82 Å². The van der Waals surface area contributed by atoms with Crippen LogP contribution in [-0.2, 0) is 6.42 Å². The van der Waals surface area contributed by atoms with Crippen LogP contribution in [0, 0.1) is 17.3 Å². The van der Waals surface area contributed by atoms with Gasteiger partial charge in [-0.3, -0.25) is 4.98 Å². The van der Waals surface area contributed by atoms with Gasteiger partial charge in [0.25, 0.3) is 0 Å². The molecule has 1 aromatic heterocycles. The Morgan fingerprint density at radius 1 is 1.00 bits per heavy atom. The Labute approximate surface area is 146 Å². The molecule has 0 unspecified atom stereocenters. The van der Waals surface area contributed by atoms with Crippen molar-refractivity contribution in [3.05, 3.63) is 41.8 Å². The normalized spacial score (nSPS) is 12.1. The minimum atomic E-state index is -1.77. The third-order valence-electron chi connectivity index (χ3n) is 5.26. The Bertz CT molecular complexity index is 746. The van der Waals surface area contributed by atoms with E-state index in [2.05, 4.69) is 58.0 Å². The number of pyridine rings is 1. The topological polar surface area (TPSA) is 12.9 Å². The van der Waals surface area contributed by atoms with Crippen LogP contribution in [0.5, 0.6) is 0 Å². The maximum Gasteiger partial charge on any atom is 0.145 e. The highest BCUT2D eigenvalue weighted by Crippen LogP contribution is 2.40. The summed E-state index contributed by atoms with van der Waals surface area (Å²) in [7, 11) is -1.77. The van der Waals surface area contributed by atoms with Crippen LogP contribution in [0.2, 0.25) is 16.6 Å². The summed E-state index contributed by atoms with van der Waals surface area (Å²) in [4.78, 5) is 4.37. The molecule has 1 heterocycles. The summed E-state index contributed by atoms with van der Waals surface area (Å²) in [6.45, 7) is 13.8. The molecule has 0 saturated carbocycles. The largest absolute Gasteiger partial charge is 0.256 e. The zero-order valence-corrected chi connectivity index (χ0v) is 16.7. The molecule has 0 bridgehead atoms. The van der Waals surface area contributed by atoms with E-state index in [1.807, 2.05) is 12.1 Å². The molecule has 1 nitrogen and oxygen atoms in total. The van der Waals surface area contributed by atoms with Crippen molar-refractivity contribution in [2.45, 2.75) is 64.6 Å². The molecule has 0 N–H and O–H groups in total. The Morgan fingerprint density at radius 3 is 2.21 bits per heavy atom. The van der Waals surface area contributed by atoms with Gasteiger partial charge >= 0.3 is 0 Å². The average Bonchev–Trinajstić information content (AvgIpc) is 2.52. The fraction of sp³-hybridized carbons (Fsp3) is 0.476. The summed E-state index contributed by atoms with van der Waals surface area (Å²) in [5.74, 6) is 3.14. The summed E-state index contributed by atoms with van der Waals surface area (Å²) >= 11 is 0. The molecule has 0 aliphatic carbocycles. The SMILES string of the molecule is CC(C)[Si](C#CCc1c(F)ccc2cccnc12)(C(C)C)C(C)C. The standard InChI is InChI=1S/C21H28FNSi/c1-15(2)24(16(3)4,17(5)6)14-8-10-19-20(22)12-11-18-9-7-13-23-21(18)19/h7,9,11-13,15-17H,10H2,1-6H3. The van der Waals surface area contributed by atoms with E-state index in [1.165, 1.54) is 6.07 Å². The summed E-state index contributed by atoms with van der Waals surface area (Å²) in [5, 5.41) is 0.968. The number of aromatic nitrogens is 1. The van der Waals surface area contributed by atoms with E-state index in [1.54, 1.807) is 12.3 Å². The fourth-order valence-electron chi connectivity index (χ4n) is 4.07. The lowest BCUT2D eigenvalue weighted by atomic mass is 10.1. The number of rotatable bonds is 4. The smallest absolute Gasteiger partial charge is 0.145 e. The first-order valence-corrected chi connectivity index (χ1v) is 11.1. The van der Waals surface area contributed by atoms with Gasteiger partial charge in [0.2, 0.25) is 0 Å². The van der Waals surface area contributed by atoms with Crippen molar-refractivity contribution >= 4 is 19.0 Å². The molecule has 2 aromatic rings. The maximum absolute atomic E-state index is 14.3. The number of halogens is 1. The van der Waals surface area contributed by atoms with Gasteiger partial charge < -0.3 is 0 Å². The third kappa shape index (κ3) is 3.39. The summed E-state index contributed by atoms with van der Waals surface area (Å²) < 4.78 is 14.3. The minimum Gasteiger partial charge on any atom is -0.256 e. The molecule has 0 spiro atoms. The fourth-order valence-corrected chi connectivity index (χ4v) is 9.33.